The Morgan fingerprint density at radius 2 is 2.27 bits per heavy atom. The lowest BCUT2D eigenvalue weighted by Crippen LogP contribution is -2.66. The Morgan fingerprint density at radius 3 is 3.05 bits per heavy atom. The molecular formula is C14H18N4O3S. The summed E-state index contributed by atoms with van der Waals surface area (Å²) in [6.45, 7) is 3.19. The molecule has 3 rings (SSSR count). The molecule has 1 aromatic heterocycles. The van der Waals surface area contributed by atoms with Gasteiger partial charge in [-0.2, -0.15) is 0 Å². The molecule has 0 saturated carbocycles. The Bertz CT molecular complexity index is 615. The average Bonchev–Trinajstić information content (AvgIpc) is 2.99. The van der Waals surface area contributed by atoms with Crippen LogP contribution in [0.2, 0.25) is 0 Å². The van der Waals surface area contributed by atoms with Gasteiger partial charge in [-0.25, -0.2) is 4.98 Å². The molecule has 2 saturated heterocycles. The monoisotopic (exact) mass is 322 g/mol. The zero-order valence-electron chi connectivity index (χ0n) is 12.4. The summed E-state index contributed by atoms with van der Waals surface area (Å²) >= 11 is 1.49. The highest BCUT2D eigenvalue weighted by molar-refractivity contribution is 7.09. The van der Waals surface area contributed by atoms with E-state index in [1.807, 2.05) is 0 Å². The van der Waals surface area contributed by atoms with Crippen LogP contribution in [-0.4, -0.2) is 64.7 Å². The Kier molecular flexibility index (Phi) is 4.10. The minimum absolute atomic E-state index is 0.0513. The van der Waals surface area contributed by atoms with E-state index < -0.39 is 6.04 Å². The van der Waals surface area contributed by atoms with Crippen LogP contribution in [0, 0.1) is 0 Å². The summed E-state index contributed by atoms with van der Waals surface area (Å²) in [6.07, 6.45) is 1.86. The van der Waals surface area contributed by atoms with Gasteiger partial charge in [-0.1, -0.05) is 6.92 Å². The number of thiazole rings is 1. The summed E-state index contributed by atoms with van der Waals surface area (Å²) in [5, 5.41) is 5.29. The third-order valence-electron chi connectivity index (χ3n) is 3.94. The summed E-state index contributed by atoms with van der Waals surface area (Å²) in [6, 6.07) is -0.576. The molecule has 22 heavy (non-hydrogen) atoms. The van der Waals surface area contributed by atoms with Crippen molar-refractivity contribution in [3.8, 4) is 0 Å². The van der Waals surface area contributed by atoms with Crippen LogP contribution in [0.4, 0.5) is 0 Å². The van der Waals surface area contributed by atoms with Gasteiger partial charge in [0.05, 0.1) is 18.1 Å². The molecule has 0 aromatic carbocycles. The number of piperazine rings is 2. The van der Waals surface area contributed by atoms with Gasteiger partial charge in [-0.15, -0.1) is 11.3 Å². The van der Waals surface area contributed by atoms with E-state index in [4.69, 9.17) is 0 Å². The van der Waals surface area contributed by atoms with E-state index in [1.165, 1.54) is 11.3 Å². The van der Waals surface area contributed by atoms with Crippen molar-refractivity contribution in [2.45, 2.75) is 25.8 Å². The number of carbonyl (C=O) groups excluding carboxylic acids is 3. The van der Waals surface area contributed by atoms with Crippen molar-refractivity contribution >= 4 is 29.1 Å². The standard InChI is InChI=1S/C14H18N4O3S/c1-2-3-11-16-9(8-22-11)14(21)17-4-5-18-10(7-17)13(20)15-6-12(18)19/h8,10H,2-7H2,1H3,(H,15,20)/t10-/m1/s1. The minimum Gasteiger partial charge on any atom is -0.345 e. The molecule has 118 valence electrons. The van der Waals surface area contributed by atoms with Crippen molar-refractivity contribution in [2.75, 3.05) is 26.2 Å². The molecule has 2 aliphatic rings. The minimum atomic E-state index is -0.576. The zero-order chi connectivity index (χ0) is 15.7. The van der Waals surface area contributed by atoms with E-state index in [1.54, 1.807) is 15.2 Å². The molecule has 0 unspecified atom stereocenters. The Hall–Kier alpha value is -1.96. The predicted molar refractivity (Wildman–Crippen MR) is 80.5 cm³/mol. The lowest BCUT2D eigenvalue weighted by molar-refractivity contribution is -0.148. The van der Waals surface area contributed by atoms with Gasteiger partial charge in [-0.05, 0) is 12.8 Å². The Morgan fingerprint density at radius 1 is 1.45 bits per heavy atom. The molecule has 0 bridgehead atoms. The highest BCUT2D eigenvalue weighted by Gasteiger charge is 2.40. The van der Waals surface area contributed by atoms with Gasteiger partial charge in [0, 0.05) is 18.5 Å². The number of rotatable bonds is 3. The molecule has 7 nitrogen and oxygen atoms in total. The molecule has 0 spiro atoms. The fourth-order valence-corrected chi connectivity index (χ4v) is 3.65. The van der Waals surface area contributed by atoms with E-state index in [9.17, 15) is 14.4 Å². The van der Waals surface area contributed by atoms with Crippen LogP contribution in [0.1, 0.15) is 28.8 Å². The number of fused-ring (bicyclic) bond motifs is 1. The first kappa shape index (κ1) is 15.0. The maximum Gasteiger partial charge on any atom is 0.273 e. The molecule has 3 heterocycles. The van der Waals surface area contributed by atoms with Crippen LogP contribution in [-0.2, 0) is 16.0 Å². The number of aryl methyl sites for hydroxylation is 1. The number of nitrogens with zero attached hydrogens (tertiary/aromatic N) is 3. The molecule has 1 atom stereocenters. The van der Waals surface area contributed by atoms with E-state index in [0.29, 0.717) is 18.8 Å². The molecular weight excluding hydrogens is 304 g/mol. The summed E-state index contributed by atoms with van der Waals surface area (Å²) in [5.74, 6) is -0.443. The van der Waals surface area contributed by atoms with Crippen LogP contribution in [0.5, 0.6) is 0 Å². The van der Waals surface area contributed by atoms with Gasteiger partial charge in [0.25, 0.3) is 5.91 Å². The molecule has 0 aliphatic carbocycles. The van der Waals surface area contributed by atoms with E-state index >= 15 is 0 Å². The van der Waals surface area contributed by atoms with E-state index in [-0.39, 0.29) is 30.8 Å². The van der Waals surface area contributed by atoms with Gasteiger partial charge in [0.1, 0.15) is 11.7 Å². The lowest BCUT2D eigenvalue weighted by atomic mass is 10.1. The summed E-state index contributed by atoms with van der Waals surface area (Å²) < 4.78 is 0. The van der Waals surface area contributed by atoms with Crippen molar-refractivity contribution in [3.05, 3.63) is 16.1 Å². The van der Waals surface area contributed by atoms with Crippen molar-refractivity contribution in [1.82, 2.24) is 20.1 Å². The SMILES string of the molecule is CCCc1nc(C(=O)N2CCN3C(=O)CNC(=O)[C@H]3C2)cs1. The number of nitrogens with one attached hydrogen (secondary N) is 1. The second kappa shape index (κ2) is 6.04. The maximum absolute atomic E-state index is 12.5. The van der Waals surface area contributed by atoms with Crippen LogP contribution < -0.4 is 5.32 Å². The topological polar surface area (TPSA) is 82.6 Å². The van der Waals surface area contributed by atoms with Gasteiger partial charge in [0.2, 0.25) is 11.8 Å². The fraction of sp³-hybridized carbons (Fsp3) is 0.571. The fourth-order valence-electron chi connectivity index (χ4n) is 2.77. The number of carbonyl (C=O) groups is 3. The molecule has 2 aliphatic heterocycles. The first-order valence-electron chi connectivity index (χ1n) is 7.41. The summed E-state index contributed by atoms with van der Waals surface area (Å²) in [4.78, 5) is 43.8. The van der Waals surface area contributed by atoms with Gasteiger partial charge in [-0.3, -0.25) is 14.4 Å². The first-order valence-corrected chi connectivity index (χ1v) is 8.29. The molecule has 0 radical (unpaired) electrons. The van der Waals surface area contributed by atoms with Crippen LogP contribution >= 0.6 is 11.3 Å². The second-order valence-corrected chi connectivity index (χ2v) is 6.39. The molecule has 1 N–H and O–H groups in total. The van der Waals surface area contributed by atoms with Crippen molar-refractivity contribution < 1.29 is 14.4 Å². The lowest BCUT2D eigenvalue weighted by Gasteiger charge is -2.42. The first-order chi connectivity index (χ1) is 10.6. The summed E-state index contributed by atoms with van der Waals surface area (Å²) in [7, 11) is 0. The van der Waals surface area contributed by atoms with Crippen LogP contribution in [0.3, 0.4) is 0 Å². The van der Waals surface area contributed by atoms with E-state index in [2.05, 4.69) is 17.2 Å². The average molecular weight is 322 g/mol. The predicted octanol–water partition coefficient (Wildman–Crippen LogP) is -0.122. The quantitative estimate of drug-likeness (QED) is 0.841. The highest BCUT2D eigenvalue weighted by Crippen LogP contribution is 2.18. The Labute approximate surface area is 132 Å². The third kappa shape index (κ3) is 2.70. The number of hydrogen-bond acceptors (Lipinski definition) is 5. The number of hydrogen-bond donors (Lipinski definition) is 1. The maximum atomic E-state index is 12.5. The van der Waals surface area contributed by atoms with Gasteiger partial charge < -0.3 is 15.1 Å². The van der Waals surface area contributed by atoms with Crippen LogP contribution in [0.15, 0.2) is 5.38 Å². The molecule has 1 aromatic rings. The number of aromatic nitrogens is 1. The molecule has 2 fully saturated rings. The Balaban J connectivity index is 1.71. The van der Waals surface area contributed by atoms with Gasteiger partial charge in [0.15, 0.2) is 0 Å². The number of amides is 3. The van der Waals surface area contributed by atoms with Crippen molar-refractivity contribution in [3.63, 3.8) is 0 Å². The largest absolute Gasteiger partial charge is 0.345 e. The van der Waals surface area contributed by atoms with Crippen molar-refractivity contribution in [2.24, 2.45) is 0 Å². The molecule has 3 amide bonds. The van der Waals surface area contributed by atoms with Crippen molar-refractivity contribution in [1.29, 1.82) is 0 Å². The zero-order valence-corrected chi connectivity index (χ0v) is 13.2. The normalized spacial score (nSPS) is 21.6. The third-order valence-corrected chi connectivity index (χ3v) is 4.85. The van der Waals surface area contributed by atoms with Crippen LogP contribution in [0.25, 0.3) is 0 Å². The molecule has 8 heteroatoms. The smallest absolute Gasteiger partial charge is 0.273 e. The highest BCUT2D eigenvalue weighted by atomic mass is 32.1. The van der Waals surface area contributed by atoms with E-state index in [0.717, 1.165) is 17.8 Å². The second-order valence-electron chi connectivity index (χ2n) is 5.45. The summed E-state index contributed by atoms with van der Waals surface area (Å²) in [5.41, 5.74) is 0.435. The van der Waals surface area contributed by atoms with Gasteiger partial charge >= 0.3 is 0 Å².